The number of anilines is 1. The molecule has 1 aliphatic heterocycles. The highest BCUT2D eigenvalue weighted by Gasteiger charge is 2.17. The number of nitrogens with one attached hydrogen (secondary N) is 1. The van der Waals surface area contributed by atoms with Crippen LogP contribution in [-0.4, -0.2) is 53.2 Å². The fourth-order valence-corrected chi connectivity index (χ4v) is 2.12. The monoisotopic (exact) mass is 251 g/mol. The Morgan fingerprint density at radius 2 is 2.00 bits per heavy atom. The smallest absolute Gasteiger partial charge is 0.225 e. The van der Waals surface area contributed by atoms with Crippen LogP contribution in [0, 0.1) is 0 Å². The molecule has 0 spiro atoms. The second-order valence-corrected chi connectivity index (χ2v) is 4.32. The van der Waals surface area contributed by atoms with Gasteiger partial charge in [-0.3, -0.25) is 0 Å². The molecule has 1 aromatic rings. The molecule has 1 N–H and O–H groups in total. The van der Waals surface area contributed by atoms with Crippen molar-refractivity contribution in [1.82, 2.24) is 20.2 Å². The van der Waals surface area contributed by atoms with Crippen molar-refractivity contribution in [2.45, 2.75) is 6.42 Å². The molecule has 1 fully saturated rings. The molecule has 0 aromatic carbocycles. The van der Waals surface area contributed by atoms with Gasteiger partial charge in [0.1, 0.15) is 0 Å². The molecule has 1 aliphatic rings. The maximum absolute atomic E-state index is 5.26. The van der Waals surface area contributed by atoms with Gasteiger partial charge < -0.3 is 15.1 Å². The highest BCUT2D eigenvalue weighted by atomic mass is 32.1. The van der Waals surface area contributed by atoms with Crippen LogP contribution >= 0.6 is 12.2 Å². The summed E-state index contributed by atoms with van der Waals surface area (Å²) in [7, 11) is 1.87. The Morgan fingerprint density at radius 3 is 2.71 bits per heavy atom. The van der Waals surface area contributed by atoms with E-state index < -0.39 is 0 Å². The van der Waals surface area contributed by atoms with E-state index in [0.29, 0.717) is 0 Å². The minimum atomic E-state index is 0.810. The first-order valence-electron chi connectivity index (χ1n) is 5.80. The van der Waals surface area contributed by atoms with Crippen LogP contribution in [-0.2, 0) is 0 Å². The van der Waals surface area contributed by atoms with Crippen molar-refractivity contribution >= 4 is 23.3 Å². The molecule has 0 saturated carbocycles. The molecule has 1 saturated heterocycles. The number of rotatable bonds is 1. The maximum atomic E-state index is 5.26. The van der Waals surface area contributed by atoms with E-state index in [1.165, 1.54) is 0 Å². The van der Waals surface area contributed by atoms with Crippen molar-refractivity contribution in [3.63, 3.8) is 0 Å². The SMILES string of the molecule is CNC(=S)N1CCCN(c2ncccn2)CC1. The molecule has 17 heavy (non-hydrogen) atoms. The topological polar surface area (TPSA) is 44.3 Å². The number of nitrogens with zero attached hydrogens (tertiary/aromatic N) is 4. The van der Waals surface area contributed by atoms with Crippen LogP contribution in [0.1, 0.15) is 6.42 Å². The van der Waals surface area contributed by atoms with Crippen LogP contribution in [0.5, 0.6) is 0 Å². The van der Waals surface area contributed by atoms with Crippen molar-refractivity contribution in [3.8, 4) is 0 Å². The van der Waals surface area contributed by atoms with Gasteiger partial charge in [0.25, 0.3) is 0 Å². The molecule has 0 bridgehead atoms. The minimum absolute atomic E-state index is 0.810. The highest BCUT2D eigenvalue weighted by molar-refractivity contribution is 7.80. The zero-order chi connectivity index (χ0) is 12.1. The summed E-state index contributed by atoms with van der Waals surface area (Å²) in [5, 5.41) is 3.84. The van der Waals surface area contributed by atoms with Crippen molar-refractivity contribution in [1.29, 1.82) is 0 Å². The summed E-state index contributed by atoms with van der Waals surface area (Å²) in [6.07, 6.45) is 4.63. The third-order valence-corrected chi connectivity index (χ3v) is 3.29. The summed E-state index contributed by atoms with van der Waals surface area (Å²) in [4.78, 5) is 13.0. The highest BCUT2D eigenvalue weighted by Crippen LogP contribution is 2.10. The summed E-state index contributed by atoms with van der Waals surface area (Å²) in [5.74, 6) is 0.810. The van der Waals surface area contributed by atoms with Crippen LogP contribution in [0.3, 0.4) is 0 Å². The largest absolute Gasteiger partial charge is 0.366 e. The predicted octanol–water partition coefficient (Wildman–Crippen LogP) is 0.493. The lowest BCUT2D eigenvalue weighted by Gasteiger charge is -2.23. The molecule has 2 rings (SSSR count). The van der Waals surface area contributed by atoms with Gasteiger partial charge >= 0.3 is 0 Å². The molecular formula is C11H17N5S. The summed E-state index contributed by atoms with van der Waals surface area (Å²) in [6, 6.07) is 1.84. The molecule has 0 radical (unpaired) electrons. The molecule has 0 aliphatic carbocycles. The second-order valence-electron chi connectivity index (χ2n) is 3.93. The van der Waals surface area contributed by atoms with E-state index in [1.807, 2.05) is 13.1 Å². The van der Waals surface area contributed by atoms with Gasteiger partial charge in [-0.15, -0.1) is 0 Å². The van der Waals surface area contributed by atoms with Gasteiger partial charge in [0.2, 0.25) is 5.95 Å². The summed E-state index contributed by atoms with van der Waals surface area (Å²) in [5.41, 5.74) is 0. The van der Waals surface area contributed by atoms with Crippen LogP contribution in [0.15, 0.2) is 18.5 Å². The van der Waals surface area contributed by atoms with Crippen molar-refractivity contribution in [3.05, 3.63) is 18.5 Å². The molecule has 5 nitrogen and oxygen atoms in total. The third kappa shape index (κ3) is 3.03. The Kier molecular flexibility index (Phi) is 4.08. The first-order chi connectivity index (χ1) is 8.31. The first kappa shape index (κ1) is 12.0. The molecular weight excluding hydrogens is 234 g/mol. The van der Waals surface area contributed by atoms with Crippen LogP contribution < -0.4 is 10.2 Å². The molecule has 2 heterocycles. The van der Waals surface area contributed by atoms with Crippen molar-refractivity contribution < 1.29 is 0 Å². The Balaban J connectivity index is 1.99. The van der Waals surface area contributed by atoms with Crippen molar-refractivity contribution in [2.75, 3.05) is 38.1 Å². The lowest BCUT2D eigenvalue weighted by molar-refractivity contribution is 0.443. The van der Waals surface area contributed by atoms with Gasteiger partial charge in [-0.05, 0) is 24.7 Å². The van der Waals surface area contributed by atoms with E-state index in [-0.39, 0.29) is 0 Å². The Labute approximate surface area is 107 Å². The minimum Gasteiger partial charge on any atom is -0.366 e. The zero-order valence-corrected chi connectivity index (χ0v) is 10.8. The Bertz CT molecular complexity index is 369. The van der Waals surface area contributed by atoms with Gasteiger partial charge in [-0.1, -0.05) is 0 Å². The maximum Gasteiger partial charge on any atom is 0.225 e. The average Bonchev–Trinajstić information content (AvgIpc) is 2.64. The number of hydrogen-bond donors (Lipinski definition) is 1. The second kappa shape index (κ2) is 5.77. The number of aromatic nitrogens is 2. The van der Waals surface area contributed by atoms with E-state index in [1.54, 1.807) is 12.4 Å². The Hall–Kier alpha value is -1.43. The van der Waals surface area contributed by atoms with E-state index >= 15 is 0 Å². The predicted molar refractivity (Wildman–Crippen MR) is 72.1 cm³/mol. The van der Waals surface area contributed by atoms with E-state index in [0.717, 1.165) is 43.7 Å². The fourth-order valence-electron chi connectivity index (χ4n) is 1.93. The Morgan fingerprint density at radius 1 is 1.24 bits per heavy atom. The lowest BCUT2D eigenvalue weighted by atomic mass is 10.4. The lowest BCUT2D eigenvalue weighted by Crippen LogP contribution is -2.40. The van der Waals surface area contributed by atoms with E-state index in [9.17, 15) is 0 Å². The molecule has 0 atom stereocenters. The van der Waals surface area contributed by atoms with Crippen molar-refractivity contribution in [2.24, 2.45) is 0 Å². The summed E-state index contributed by atoms with van der Waals surface area (Å²) < 4.78 is 0. The van der Waals surface area contributed by atoms with E-state index in [2.05, 4.69) is 25.1 Å². The summed E-state index contributed by atoms with van der Waals surface area (Å²) in [6.45, 7) is 3.79. The quantitative estimate of drug-likeness (QED) is 0.733. The molecule has 0 amide bonds. The standard InChI is InChI=1S/C11H17N5S/c1-12-11(17)16-7-3-6-15(8-9-16)10-13-4-2-5-14-10/h2,4-5H,3,6-9H2,1H3,(H,12,17). The summed E-state index contributed by atoms with van der Waals surface area (Å²) >= 11 is 5.26. The van der Waals surface area contributed by atoms with Crippen LogP contribution in [0.2, 0.25) is 0 Å². The third-order valence-electron chi connectivity index (χ3n) is 2.83. The van der Waals surface area contributed by atoms with Gasteiger partial charge in [0, 0.05) is 45.6 Å². The molecule has 1 aromatic heterocycles. The van der Waals surface area contributed by atoms with E-state index in [4.69, 9.17) is 12.2 Å². The van der Waals surface area contributed by atoms with Crippen LogP contribution in [0.25, 0.3) is 0 Å². The number of hydrogen-bond acceptors (Lipinski definition) is 4. The average molecular weight is 251 g/mol. The van der Waals surface area contributed by atoms with Gasteiger partial charge in [0.15, 0.2) is 5.11 Å². The fraction of sp³-hybridized carbons (Fsp3) is 0.545. The molecule has 92 valence electrons. The van der Waals surface area contributed by atoms with Gasteiger partial charge in [-0.2, -0.15) is 0 Å². The first-order valence-corrected chi connectivity index (χ1v) is 6.20. The zero-order valence-electron chi connectivity index (χ0n) is 9.96. The molecule has 0 unspecified atom stereocenters. The number of thiocarbonyl (C=S) groups is 1. The van der Waals surface area contributed by atoms with Gasteiger partial charge in [-0.25, -0.2) is 9.97 Å². The molecule has 6 heteroatoms. The van der Waals surface area contributed by atoms with Crippen LogP contribution in [0.4, 0.5) is 5.95 Å². The van der Waals surface area contributed by atoms with Gasteiger partial charge in [0.05, 0.1) is 0 Å². The normalized spacial score (nSPS) is 16.5.